The maximum Gasteiger partial charge on any atom is 0.0482 e. The molecule has 1 aliphatic heterocycles. The van der Waals surface area contributed by atoms with Crippen LogP contribution in [0.5, 0.6) is 0 Å². The van der Waals surface area contributed by atoms with Crippen LogP contribution in [0.1, 0.15) is 36.9 Å². The molecule has 1 aromatic heterocycles. The van der Waals surface area contributed by atoms with Gasteiger partial charge in [0.2, 0.25) is 0 Å². The summed E-state index contributed by atoms with van der Waals surface area (Å²) in [6, 6.07) is 8.81. The lowest BCUT2D eigenvalue weighted by Gasteiger charge is -2.22. The van der Waals surface area contributed by atoms with Gasteiger partial charge >= 0.3 is 0 Å². The lowest BCUT2D eigenvalue weighted by molar-refractivity contribution is 0.351. The van der Waals surface area contributed by atoms with Crippen LogP contribution in [-0.4, -0.2) is 17.7 Å². The van der Waals surface area contributed by atoms with Gasteiger partial charge in [-0.3, -0.25) is 0 Å². The van der Waals surface area contributed by atoms with Gasteiger partial charge in [-0.1, -0.05) is 18.2 Å². The smallest absolute Gasteiger partial charge is 0.0482 e. The summed E-state index contributed by atoms with van der Waals surface area (Å²) in [7, 11) is 2.19. The first-order chi connectivity index (χ1) is 9.77. The highest BCUT2D eigenvalue weighted by Gasteiger charge is 2.14. The molecule has 0 saturated carbocycles. The molecule has 0 spiro atoms. The Labute approximate surface area is 122 Å². The topological polar surface area (TPSA) is 17.0 Å². The van der Waals surface area contributed by atoms with Gasteiger partial charge in [0.25, 0.3) is 0 Å². The number of aryl methyl sites for hydroxylation is 2. The highest BCUT2D eigenvalue weighted by Crippen LogP contribution is 2.27. The molecule has 0 aliphatic carbocycles. The van der Waals surface area contributed by atoms with E-state index in [-0.39, 0.29) is 0 Å². The van der Waals surface area contributed by atoms with Gasteiger partial charge in [0.15, 0.2) is 0 Å². The second-order valence-corrected chi connectivity index (χ2v) is 6.24. The first-order valence-electron chi connectivity index (χ1n) is 8.01. The molecule has 20 heavy (non-hydrogen) atoms. The maximum atomic E-state index is 3.52. The van der Waals surface area contributed by atoms with Crippen molar-refractivity contribution < 1.29 is 0 Å². The molecule has 1 saturated heterocycles. The number of hydrogen-bond acceptors (Lipinski definition) is 1. The number of para-hydroxylation sites is 1. The second-order valence-electron chi connectivity index (χ2n) is 6.24. The molecule has 2 heterocycles. The van der Waals surface area contributed by atoms with Crippen molar-refractivity contribution in [3.8, 4) is 0 Å². The zero-order valence-electron chi connectivity index (χ0n) is 12.8. The zero-order chi connectivity index (χ0) is 13.9. The summed E-state index contributed by atoms with van der Waals surface area (Å²) in [6.45, 7) is 4.71. The second kappa shape index (κ2) is 6.01. The van der Waals surface area contributed by atoms with E-state index in [1.165, 1.54) is 61.8 Å². The van der Waals surface area contributed by atoms with E-state index in [1.807, 2.05) is 0 Å². The van der Waals surface area contributed by atoms with Gasteiger partial charge in [0.1, 0.15) is 0 Å². The lowest BCUT2D eigenvalue weighted by atomic mass is 9.92. The summed E-state index contributed by atoms with van der Waals surface area (Å²) in [6.07, 6.45) is 6.69. The van der Waals surface area contributed by atoms with Crippen molar-refractivity contribution in [1.29, 1.82) is 0 Å². The summed E-state index contributed by atoms with van der Waals surface area (Å²) in [5, 5.41) is 4.98. The van der Waals surface area contributed by atoms with E-state index in [1.54, 1.807) is 5.56 Å². The van der Waals surface area contributed by atoms with Crippen molar-refractivity contribution in [2.45, 2.75) is 39.0 Å². The van der Waals surface area contributed by atoms with Gasteiger partial charge in [0.05, 0.1) is 0 Å². The Kier molecular flexibility index (Phi) is 4.11. The molecule has 2 aromatic rings. The summed E-state index contributed by atoms with van der Waals surface area (Å²) in [5.41, 5.74) is 4.37. The van der Waals surface area contributed by atoms with Crippen LogP contribution in [0.2, 0.25) is 0 Å². The van der Waals surface area contributed by atoms with Crippen molar-refractivity contribution in [2.75, 3.05) is 13.1 Å². The summed E-state index contributed by atoms with van der Waals surface area (Å²) < 4.78 is 2.34. The molecule has 1 aliphatic rings. The summed E-state index contributed by atoms with van der Waals surface area (Å²) in [4.78, 5) is 0. The predicted octanol–water partition coefficient (Wildman–Crippen LogP) is 3.81. The van der Waals surface area contributed by atoms with Gasteiger partial charge in [-0.25, -0.2) is 0 Å². The summed E-state index contributed by atoms with van der Waals surface area (Å²) in [5.74, 6) is 0.902. The Morgan fingerprint density at radius 3 is 2.95 bits per heavy atom. The van der Waals surface area contributed by atoms with Gasteiger partial charge in [-0.05, 0) is 69.7 Å². The fourth-order valence-electron chi connectivity index (χ4n) is 3.65. The third kappa shape index (κ3) is 2.62. The third-order valence-corrected chi connectivity index (χ3v) is 4.97. The molecular weight excluding hydrogens is 244 g/mol. The van der Waals surface area contributed by atoms with Crippen LogP contribution in [0.15, 0.2) is 24.3 Å². The minimum absolute atomic E-state index is 0.902. The van der Waals surface area contributed by atoms with Crippen LogP contribution in [0.3, 0.4) is 0 Å². The average molecular weight is 270 g/mol. The number of piperidine rings is 1. The van der Waals surface area contributed by atoms with Crippen LogP contribution in [0.4, 0.5) is 0 Å². The Morgan fingerprint density at radius 2 is 2.15 bits per heavy atom. The van der Waals surface area contributed by atoms with Crippen molar-refractivity contribution >= 4 is 10.9 Å². The van der Waals surface area contributed by atoms with Crippen molar-refractivity contribution in [3.05, 3.63) is 35.5 Å². The molecule has 3 rings (SSSR count). The number of fused-ring (bicyclic) bond motifs is 1. The first kappa shape index (κ1) is 13.7. The standard InChI is InChI=1S/C18H26N2/c1-14-16(10-5-7-15-8-6-12-19-13-15)17-9-3-4-11-18(17)20(14)2/h3-4,9,11,15,19H,5-8,10,12-13H2,1-2H3. The number of rotatable bonds is 4. The predicted molar refractivity (Wildman–Crippen MR) is 86.2 cm³/mol. The molecular formula is C18H26N2. The van der Waals surface area contributed by atoms with Crippen LogP contribution in [0.25, 0.3) is 10.9 Å². The van der Waals surface area contributed by atoms with Gasteiger partial charge in [-0.2, -0.15) is 0 Å². The molecule has 1 fully saturated rings. The first-order valence-corrected chi connectivity index (χ1v) is 8.01. The van der Waals surface area contributed by atoms with Crippen molar-refractivity contribution in [2.24, 2.45) is 13.0 Å². The monoisotopic (exact) mass is 270 g/mol. The quantitative estimate of drug-likeness (QED) is 0.894. The molecule has 0 bridgehead atoms. The number of nitrogens with zero attached hydrogens (tertiary/aromatic N) is 1. The largest absolute Gasteiger partial charge is 0.348 e. The highest BCUT2D eigenvalue weighted by atomic mass is 14.9. The molecule has 0 radical (unpaired) electrons. The molecule has 0 amide bonds. The van der Waals surface area contributed by atoms with Crippen molar-refractivity contribution in [3.63, 3.8) is 0 Å². The van der Waals surface area contributed by atoms with Crippen LogP contribution >= 0.6 is 0 Å². The maximum absolute atomic E-state index is 3.52. The minimum atomic E-state index is 0.902. The lowest BCUT2D eigenvalue weighted by Crippen LogP contribution is -2.29. The SMILES string of the molecule is Cc1c(CCCC2CCCNC2)c2ccccc2n1C. The van der Waals surface area contributed by atoms with E-state index in [0.717, 1.165) is 5.92 Å². The molecule has 1 aromatic carbocycles. The highest BCUT2D eigenvalue weighted by molar-refractivity contribution is 5.85. The fraction of sp³-hybridized carbons (Fsp3) is 0.556. The van der Waals surface area contributed by atoms with Crippen LogP contribution in [0, 0.1) is 12.8 Å². The molecule has 1 N–H and O–H groups in total. The Bertz CT molecular complexity index is 576. The number of nitrogens with one attached hydrogen (secondary N) is 1. The zero-order valence-corrected chi connectivity index (χ0v) is 12.8. The van der Waals surface area contributed by atoms with Crippen molar-refractivity contribution in [1.82, 2.24) is 9.88 Å². The average Bonchev–Trinajstić information content (AvgIpc) is 2.74. The molecule has 1 atom stereocenters. The molecule has 2 nitrogen and oxygen atoms in total. The number of hydrogen-bond donors (Lipinski definition) is 1. The van der Waals surface area contributed by atoms with E-state index in [2.05, 4.69) is 48.1 Å². The van der Waals surface area contributed by atoms with Gasteiger partial charge < -0.3 is 9.88 Å². The van der Waals surface area contributed by atoms with E-state index >= 15 is 0 Å². The minimum Gasteiger partial charge on any atom is -0.348 e. The number of aromatic nitrogens is 1. The summed E-state index contributed by atoms with van der Waals surface area (Å²) >= 11 is 0. The molecule has 2 heteroatoms. The molecule has 108 valence electrons. The number of benzene rings is 1. The van der Waals surface area contributed by atoms with E-state index in [0.29, 0.717) is 0 Å². The van der Waals surface area contributed by atoms with Crippen LogP contribution < -0.4 is 5.32 Å². The van der Waals surface area contributed by atoms with Gasteiger partial charge in [-0.15, -0.1) is 0 Å². The Morgan fingerprint density at radius 1 is 1.30 bits per heavy atom. The Hall–Kier alpha value is -1.28. The van der Waals surface area contributed by atoms with Crippen LogP contribution in [-0.2, 0) is 13.5 Å². The van der Waals surface area contributed by atoms with E-state index in [4.69, 9.17) is 0 Å². The fourth-order valence-corrected chi connectivity index (χ4v) is 3.65. The normalized spacial score (nSPS) is 19.6. The molecule has 1 unspecified atom stereocenters. The third-order valence-electron chi connectivity index (χ3n) is 4.97. The Balaban J connectivity index is 1.69. The van der Waals surface area contributed by atoms with Gasteiger partial charge in [0, 0.05) is 23.6 Å². The van der Waals surface area contributed by atoms with E-state index in [9.17, 15) is 0 Å². The van der Waals surface area contributed by atoms with E-state index < -0.39 is 0 Å².